The van der Waals surface area contributed by atoms with Crippen LogP contribution < -0.4 is 11.1 Å². The fourth-order valence-corrected chi connectivity index (χ4v) is 2.97. The van der Waals surface area contributed by atoms with Gasteiger partial charge in [-0.2, -0.15) is 0 Å². The van der Waals surface area contributed by atoms with Crippen LogP contribution in [0.15, 0.2) is 18.2 Å². The highest BCUT2D eigenvalue weighted by molar-refractivity contribution is 6.15. The molecule has 1 aromatic rings. The number of nitrogens with zero attached hydrogens (tertiary/aromatic N) is 1. The summed E-state index contributed by atoms with van der Waals surface area (Å²) in [5.41, 5.74) is 5.66. The van der Waals surface area contributed by atoms with Crippen LogP contribution in [0.25, 0.3) is 0 Å². The van der Waals surface area contributed by atoms with Crippen molar-refractivity contribution in [2.75, 3.05) is 5.73 Å². The number of rotatable bonds is 1. The topological polar surface area (TPSA) is 110 Å². The Balaban J connectivity index is 0.00000100. The highest BCUT2D eigenvalue weighted by Crippen LogP contribution is 2.33. The molecule has 4 amide bonds. The summed E-state index contributed by atoms with van der Waals surface area (Å²) in [7, 11) is 0. The minimum absolute atomic E-state index is 0.0371. The maximum atomic E-state index is 12.7. The van der Waals surface area contributed by atoms with Crippen LogP contribution in [-0.2, 0) is 20.8 Å². The Morgan fingerprint density at radius 2 is 1.83 bits per heavy atom. The molecule has 2 aliphatic heterocycles. The van der Waals surface area contributed by atoms with E-state index >= 15 is 0 Å². The summed E-state index contributed by atoms with van der Waals surface area (Å²) in [6, 6.07) is 4.85. The van der Waals surface area contributed by atoms with E-state index in [4.69, 9.17) is 5.73 Å². The number of anilines is 1. The molecular formula is C17H21N3O4. The minimum Gasteiger partial charge on any atom is -0.398 e. The van der Waals surface area contributed by atoms with Gasteiger partial charge in [-0.3, -0.25) is 29.4 Å². The van der Waals surface area contributed by atoms with Gasteiger partial charge in [-0.15, -0.1) is 0 Å². The molecule has 7 nitrogen and oxygen atoms in total. The number of fused-ring (bicyclic) bond motifs is 1. The van der Waals surface area contributed by atoms with E-state index in [2.05, 4.69) is 5.32 Å². The molecule has 0 radical (unpaired) electrons. The number of nitrogens with two attached hydrogens (primary N) is 1. The van der Waals surface area contributed by atoms with Crippen molar-refractivity contribution in [1.29, 1.82) is 0 Å². The monoisotopic (exact) mass is 331 g/mol. The third-order valence-electron chi connectivity index (χ3n) is 4.30. The number of piperidine rings is 1. The van der Waals surface area contributed by atoms with Gasteiger partial charge in [-0.1, -0.05) is 19.9 Å². The van der Waals surface area contributed by atoms with Crippen molar-refractivity contribution in [2.24, 2.45) is 0 Å². The maximum absolute atomic E-state index is 12.7. The summed E-state index contributed by atoms with van der Waals surface area (Å²) in [6.45, 7) is 5.50. The van der Waals surface area contributed by atoms with Crippen LogP contribution in [0.4, 0.5) is 5.69 Å². The van der Waals surface area contributed by atoms with Crippen LogP contribution in [0.1, 0.15) is 49.5 Å². The van der Waals surface area contributed by atoms with Crippen LogP contribution in [-0.4, -0.2) is 34.1 Å². The fourth-order valence-electron chi connectivity index (χ4n) is 2.97. The van der Waals surface area contributed by atoms with Crippen molar-refractivity contribution in [1.82, 2.24) is 10.2 Å². The number of nitrogens with one attached hydrogen (secondary N) is 1. The van der Waals surface area contributed by atoms with E-state index < -0.39 is 29.2 Å². The number of nitrogen functional groups attached to an aromatic ring is 1. The quantitative estimate of drug-likeness (QED) is 0.590. The van der Waals surface area contributed by atoms with E-state index in [1.54, 1.807) is 18.2 Å². The molecule has 1 unspecified atom stereocenters. The SMILES string of the molecule is CC.CC1(N2C(=O)Cc3c(N)cccc3C2=O)CCC(=O)NC1=O. The molecule has 3 rings (SSSR count). The molecule has 24 heavy (non-hydrogen) atoms. The Kier molecular flexibility index (Phi) is 4.73. The predicted molar refractivity (Wildman–Crippen MR) is 87.9 cm³/mol. The van der Waals surface area contributed by atoms with Gasteiger partial charge >= 0.3 is 0 Å². The minimum atomic E-state index is -1.36. The number of hydrogen-bond donors (Lipinski definition) is 2. The van der Waals surface area contributed by atoms with Gasteiger partial charge in [0.05, 0.1) is 6.42 Å². The van der Waals surface area contributed by atoms with Crippen molar-refractivity contribution in [2.45, 2.75) is 45.6 Å². The highest BCUT2D eigenvalue weighted by Gasteiger charge is 2.50. The third-order valence-corrected chi connectivity index (χ3v) is 4.30. The summed E-state index contributed by atoms with van der Waals surface area (Å²) in [4.78, 5) is 49.6. The Labute approximate surface area is 140 Å². The average molecular weight is 331 g/mol. The van der Waals surface area contributed by atoms with E-state index in [0.29, 0.717) is 16.8 Å². The van der Waals surface area contributed by atoms with Gasteiger partial charge in [-0.25, -0.2) is 0 Å². The number of hydrogen-bond acceptors (Lipinski definition) is 5. The van der Waals surface area contributed by atoms with Gasteiger partial charge in [0.1, 0.15) is 5.54 Å². The van der Waals surface area contributed by atoms with Crippen molar-refractivity contribution in [3.8, 4) is 0 Å². The standard InChI is InChI=1S/C15H15N3O4.C2H6/c1-15(6-5-11(19)17-14(15)22)18-12(20)7-9-8(13(18)21)3-2-4-10(9)16;1-2/h2-4H,5-7,16H2,1H3,(H,17,19,22);1-2H3. The lowest BCUT2D eigenvalue weighted by molar-refractivity contribution is -0.149. The summed E-state index contributed by atoms with van der Waals surface area (Å²) in [5, 5.41) is 2.19. The number of imide groups is 2. The first-order chi connectivity index (χ1) is 11.3. The third kappa shape index (κ3) is 2.66. The van der Waals surface area contributed by atoms with E-state index in [0.717, 1.165) is 4.90 Å². The summed E-state index contributed by atoms with van der Waals surface area (Å²) in [5.74, 6) is -2.06. The van der Waals surface area contributed by atoms with Crippen LogP contribution in [0.3, 0.4) is 0 Å². The predicted octanol–water partition coefficient (Wildman–Crippen LogP) is 1.02. The van der Waals surface area contributed by atoms with Gasteiger partial charge in [0.15, 0.2) is 0 Å². The molecule has 0 aromatic heterocycles. The Bertz CT molecular complexity index is 729. The molecule has 3 N–H and O–H groups in total. The number of carbonyl (C=O) groups excluding carboxylic acids is 4. The zero-order chi connectivity index (χ0) is 18.1. The highest BCUT2D eigenvalue weighted by atomic mass is 16.2. The Morgan fingerprint density at radius 3 is 2.46 bits per heavy atom. The molecule has 2 heterocycles. The lowest BCUT2D eigenvalue weighted by atomic mass is 9.85. The lowest BCUT2D eigenvalue weighted by Gasteiger charge is -2.42. The maximum Gasteiger partial charge on any atom is 0.261 e. The van der Waals surface area contributed by atoms with Crippen molar-refractivity contribution < 1.29 is 19.2 Å². The zero-order valence-corrected chi connectivity index (χ0v) is 14.0. The van der Waals surface area contributed by atoms with E-state index in [1.807, 2.05) is 13.8 Å². The van der Waals surface area contributed by atoms with E-state index in [1.165, 1.54) is 6.92 Å². The van der Waals surface area contributed by atoms with Crippen LogP contribution in [0.5, 0.6) is 0 Å². The first kappa shape index (κ1) is 17.7. The molecular weight excluding hydrogens is 310 g/mol. The summed E-state index contributed by atoms with van der Waals surface area (Å²) < 4.78 is 0. The molecule has 1 saturated heterocycles. The molecule has 1 atom stereocenters. The zero-order valence-electron chi connectivity index (χ0n) is 14.0. The van der Waals surface area contributed by atoms with Gasteiger partial charge in [0.2, 0.25) is 11.8 Å². The van der Waals surface area contributed by atoms with Crippen LogP contribution in [0, 0.1) is 0 Å². The first-order valence-corrected chi connectivity index (χ1v) is 7.93. The summed E-state index contributed by atoms with van der Waals surface area (Å²) >= 11 is 0. The normalized spacial score (nSPS) is 23.2. The number of amides is 4. The molecule has 1 aromatic carbocycles. The second kappa shape index (κ2) is 6.43. The van der Waals surface area contributed by atoms with Crippen molar-refractivity contribution in [3.63, 3.8) is 0 Å². The van der Waals surface area contributed by atoms with Crippen LogP contribution in [0.2, 0.25) is 0 Å². The molecule has 0 bridgehead atoms. The number of benzene rings is 1. The molecule has 128 valence electrons. The molecule has 1 fully saturated rings. The van der Waals surface area contributed by atoms with E-state index in [-0.39, 0.29) is 19.3 Å². The second-order valence-corrected chi connectivity index (χ2v) is 5.74. The second-order valence-electron chi connectivity index (χ2n) is 5.74. The lowest BCUT2D eigenvalue weighted by Crippen LogP contribution is -2.65. The largest absolute Gasteiger partial charge is 0.398 e. The van der Waals surface area contributed by atoms with Crippen LogP contribution >= 0.6 is 0 Å². The number of carbonyl (C=O) groups is 4. The smallest absolute Gasteiger partial charge is 0.261 e. The van der Waals surface area contributed by atoms with Gasteiger partial charge < -0.3 is 5.73 Å². The van der Waals surface area contributed by atoms with Crippen molar-refractivity contribution in [3.05, 3.63) is 29.3 Å². The van der Waals surface area contributed by atoms with Gasteiger partial charge in [0.25, 0.3) is 11.8 Å². The molecule has 7 heteroatoms. The van der Waals surface area contributed by atoms with Crippen molar-refractivity contribution >= 4 is 29.3 Å². The Morgan fingerprint density at radius 1 is 1.17 bits per heavy atom. The van der Waals surface area contributed by atoms with Gasteiger partial charge in [-0.05, 0) is 31.0 Å². The first-order valence-electron chi connectivity index (χ1n) is 7.93. The fraction of sp³-hybridized carbons (Fsp3) is 0.412. The summed E-state index contributed by atoms with van der Waals surface area (Å²) in [6.07, 6.45) is 0.167. The molecule has 0 spiro atoms. The molecule has 0 aliphatic carbocycles. The van der Waals surface area contributed by atoms with Gasteiger partial charge in [0, 0.05) is 17.7 Å². The Hall–Kier alpha value is -2.70. The molecule has 2 aliphatic rings. The van der Waals surface area contributed by atoms with E-state index in [9.17, 15) is 19.2 Å². The average Bonchev–Trinajstić information content (AvgIpc) is 2.55. The molecule has 0 saturated carbocycles.